The molecule has 0 aliphatic carbocycles. The second-order valence-electron chi connectivity index (χ2n) is 6.56. The van der Waals surface area contributed by atoms with Crippen LogP contribution in [0.5, 0.6) is 0 Å². The SMILES string of the molecule is CCCNC(=O)C[C@H](C(N)=O)N(CCC)CC(=O)Nc1cccc(C(=O)OC)c1. The lowest BCUT2D eigenvalue weighted by atomic mass is 10.1. The van der Waals surface area contributed by atoms with Crippen LogP contribution in [-0.4, -0.2) is 61.4 Å². The average molecular weight is 406 g/mol. The molecule has 0 aliphatic rings. The Morgan fingerprint density at radius 1 is 1.14 bits per heavy atom. The summed E-state index contributed by atoms with van der Waals surface area (Å²) in [6.45, 7) is 4.64. The Morgan fingerprint density at radius 2 is 1.86 bits per heavy atom. The van der Waals surface area contributed by atoms with Gasteiger partial charge in [0.15, 0.2) is 0 Å². The van der Waals surface area contributed by atoms with E-state index in [2.05, 4.69) is 15.4 Å². The van der Waals surface area contributed by atoms with Crippen molar-refractivity contribution in [2.75, 3.05) is 32.1 Å². The number of esters is 1. The fourth-order valence-corrected chi connectivity index (χ4v) is 2.78. The summed E-state index contributed by atoms with van der Waals surface area (Å²) >= 11 is 0. The Hall–Kier alpha value is -2.94. The number of nitrogens with one attached hydrogen (secondary N) is 2. The highest BCUT2D eigenvalue weighted by molar-refractivity contribution is 5.96. The minimum atomic E-state index is -0.890. The van der Waals surface area contributed by atoms with E-state index in [1.807, 2.05) is 13.8 Å². The number of hydrogen-bond donors (Lipinski definition) is 3. The van der Waals surface area contributed by atoms with Crippen LogP contribution < -0.4 is 16.4 Å². The summed E-state index contributed by atoms with van der Waals surface area (Å²) in [5.74, 6) is -1.85. The number of benzene rings is 1. The summed E-state index contributed by atoms with van der Waals surface area (Å²) < 4.78 is 4.67. The minimum Gasteiger partial charge on any atom is -0.465 e. The van der Waals surface area contributed by atoms with Crippen LogP contribution in [0.2, 0.25) is 0 Å². The Kier molecular flexibility index (Phi) is 10.4. The molecule has 0 spiro atoms. The van der Waals surface area contributed by atoms with Crippen molar-refractivity contribution in [1.82, 2.24) is 10.2 Å². The number of carbonyl (C=O) groups excluding carboxylic acids is 4. The van der Waals surface area contributed by atoms with Crippen molar-refractivity contribution < 1.29 is 23.9 Å². The van der Waals surface area contributed by atoms with Crippen LogP contribution in [0.1, 0.15) is 43.5 Å². The second kappa shape index (κ2) is 12.5. The molecule has 9 heteroatoms. The third-order valence-electron chi connectivity index (χ3n) is 4.15. The number of amides is 3. The van der Waals surface area contributed by atoms with Crippen LogP contribution in [-0.2, 0) is 19.1 Å². The predicted molar refractivity (Wildman–Crippen MR) is 109 cm³/mol. The van der Waals surface area contributed by atoms with Crippen LogP contribution in [0.25, 0.3) is 0 Å². The number of primary amides is 1. The van der Waals surface area contributed by atoms with Crippen molar-refractivity contribution in [3.05, 3.63) is 29.8 Å². The molecule has 0 saturated carbocycles. The number of nitrogens with two attached hydrogens (primary N) is 1. The maximum Gasteiger partial charge on any atom is 0.337 e. The van der Waals surface area contributed by atoms with Crippen molar-refractivity contribution in [2.24, 2.45) is 5.73 Å². The van der Waals surface area contributed by atoms with Gasteiger partial charge < -0.3 is 21.1 Å². The predicted octanol–water partition coefficient (Wildman–Crippen LogP) is 0.894. The van der Waals surface area contributed by atoms with Gasteiger partial charge >= 0.3 is 5.97 Å². The number of ether oxygens (including phenoxy) is 1. The van der Waals surface area contributed by atoms with Crippen LogP contribution in [0.4, 0.5) is 5.69 Å². The summed E-state index contributed by atoms with van der Waals surface area (Å²) in [6, 6.07) is 5.44. The molecule has 0 heterocycles. The van der Waals surface area contributed by atoms with Gasteiger partial charge in [0, 0.05) is 12.2 Å². The third kappa shape index (κ3) is 8.30. The number of anilines is 1. The zero-order valence-corrected chi connectivity index (χ0v) is 17.2. The number of nitrogens with zero attached hydrogens (tertiary/aromatic N) is 1. The van der Waals surface area contributed by atoms with Gasteiger partial charge in [-0.3, -0.25) is 19.3 Å². The topological polar surface area (TPSA) is 131 Å². The molecule has 29 heavy (non-hydrogen) atoms. The van der Waals surface area contributed by atoms with Gasteiger partial charge in [0.2, 0.25) is 17.7 Å². The smallest absolute Gasteiger partial charge is 0.337 e. The van der Waals surface area contributed by atoms with Gasteiger partial charge in [-0.15, -0.1) is 0 Å². The number of rotatable bonds is 12. The van der Waals surface area contributed by atoms with Gasteiger partial charge in [-0.05, 0) is 37.6 Å². The zero-order valence-electron chi connectivity index (χ0n) is 17.2. The summed E-state index contributed by atoms with van der Waals surface area (Å²) in [4.78, 5) is 49.7. The lowest BCUT2D eigenvalue weighted by Crippen LogP contribution is -2.50. The molecular formula is C20H30N4O5. The van der Waals surface area contributed by atoms with Crippen molar-refractivity contribution >= 4 is 29.4 Å². The first-order valence-electron chi connectivity index (χ1n) is 9.60. The van der Waals surface area contributed by atoms with Crippen LogP contribution in [0, 0.1) is 0 Å². The molecule has 9 nitrogen and oxygen atoms in total. The molecule has 160 valence electrons. The van der Waals surface area contributed by atoms with E-state index in [4.69, 9.17) is 5.73 Å². The molecule has 0 radical (unpaired) electrons. The highest BCUT2D eigenvalue weighted by Gasteiger charge is 2.27. The Labute approximate surface area is 170 Å². The summed E-state index contributed by atoms with van der Waals surface area (Å²) in [7, 11) is 1.27. The minimum absolute atomic E-state index is 0.111. The monoisotopic (exact) mass is 406 g/mol. The fourth-order valence-electron chi connectivity index (χ4n) is 2.78. The lowest BCUT2D eigenvalue weighted by molar-refractivity contribution is -0.131. The van der Waals surface area contributed by atoms with Crippen LogP contribution >= 0.6 is 0 Å². The number of hydrogen-bond acceptors (Lipinski definition) is 6. The standard InChI is InChI=1S/C20H30N4O5/c1-4-9-22-17(25)12-16(19(21)27)24(10-5-2)13-18(26)23-15-8-6-7-14(11-15)20(28)29-3/h6-8,11,16H,4-5,9-10,12-13H2,1-3H3,(H2,21,27)(H,22,25)(H,23,26)/t16-/m1/s1. The van der Waals surface area contributed by atoms with Gasteiger partial charge in [-0.25, -0.2) is 4.79 Å². The highest BCUT2D eigenvalue weighted by atomic mass is 16.5. The second-order valence-corrected chi connectivity index (χ2v) is 6.56. The van der Waals surface area contributed by atoms with Gasteiger partial charge in [-0.2, -0.15) is 0 Å². The van der Waals surface area contributed by atoms with Crippen LogP contribution in [0.3, 0.4) is 0 Å². The maximum absolute atomic E-state index is 12.5. The molecule has 1 aromatic rings. The molecular weight excluding hydrogens is 376 g/mol. The van der Waals surface area contributed by atoms with E-state index in [1.54, 1.807) is 23.1 Å². The van der Waals surface area contributed by atoms with Crippen LogP contribution in [0.15, 0.2) is 24.3 Å². The Bertz CT molecular complexity index is 723. The molecule has 0 bridgehead atoms. The summed E-state index contributed by atoms with van der Waals surface area (Å²) in [5, 5.41) is 5.40. The molecule has 1 atom stereocenters. The molecule has 0 aromatic heterocycles. The normalized spacial score (nSPS) is 11.6. The third-order valence-corrected chi connectivity index (χ3v) is 4.15. The largest absolute Gasteiger partial charge is 0.465 e. The van der Waals surface area contributed by atoms with E-state index < -0.39 is 17.9 Å². The van der Waals surface area contributed by atoms with E-state index >= 15 is 0 Å². The maximum atomic E-state index is 12.5. The first kappa shape index (κ1) is 24.1. The molecule has 1 rings (SSSR count). The van der Waals surface area contributed by atoms with Gasteiger partial charge in [-0.1, -0.05) is 19.9 Å². The number of methoxy groups -OCH3 is 1. The molecule has 0 saturated heterocycles. The zero-order chi connectivity index (χ0) is 21.8. The molecule has 0 fully saturated rings. The first-order valence-corrected chi connectivity index (χ1v) is 9.60. The Balaban J connectivity index is 2.84. The fraction of sp³-hybridized carbons (Fsp3) is 0.500. The van der Waals surface area contributed by atoms with E-state index in [0.29, 0.717) is 30.8 Å². The quantitative estimate of drug-likeness (QED) is 0.442. The number of carbonyl (C=O) groups is 4. The van der Waals surface area contributed by atoms with E-state index in [0.717, 1.165) is 6.42 Å². The van der Waals surface area contributed by atoms with Crippen molar-refractivity contribution in [3.63, 3.8) is 0 Å². The van der Waals surface area contributed by atoms with E-state index in [-0.39, 0.29) is 24.8 Å². The van der Waals surface area contributed by atoms with Crippen molar-refractivity contribution in [3.8, 4) is 0 Å². The van der Waals surface area contributed by atoms with Crippen molar-refractivity contribution in [2.45, 2.75) is 39.2 Å². The molecule has 4 N–H and O–H groups in total. The van der Waals surface area contributed by atoms with Gasteiger partial charge in [0.05, 0.1) is 31.7 Å². The Morgan fingerprint density at radius 3 is 2.45 bits per heavy atom. The van der Waals surface area contributed by atoms with Gasteiger partial charge in [0.25, 0.3) is 0 Å². The average Bonchev–Trinajstić information content (AvgIpc) is 2.69. The molecule has 1 aromatic carbocycles. The van der Waals surface area contributed by atoms with Crippen molar-refractivity contribution in [1.29, 1.82) is 0 Å². The van der Waals surface area contributed by atoms with Gasteiger partial charge in [0.1, 0.15) is 0 Å². The highest BCUT2D eigenvalue weighted by Crippen LogP contribution is 2.13. The first-order chi connectivity index (χ1) is 13.8. The summed E-state index contributed by atoms with van der Waals surface area (Å²) in [6.07, 6.45) is 1.34. The van der Waals surface area contributed by atoms with E-state index in [1.165, 1.54) is 13.2 Å². The lowest BCUT2D eigenvalue weighted by Gasteiger charge is -2.28. The summed E-state index contributed by atoms with van der Waals surface area (Å²) in [5.41, 5.74) is 6.22. The molecule has 0 aliphatic heterocycles. The molecule has 3 amide bonds. The molecule has 0 unspecified atom stereocenters. The van der Waals surface area contributed by atoms with E-state index in [9.17, 15) is 19.2 Å².